The fraction of sp³-hybridized carbons (Fsp3) is 0.909. The Morgan fingerprint density at radius 1 is 1.69 bits per heavy atom. The van der Waals surface area contributed by atoms with Crippen molar-refractivity contribution in [1.82, 2.24) is 0 Å². The van der Waals surface area contributed by atoms with Crippen LogP contribution in [0.3, 0.4) is 0 Å². The van der Waals surface area contributed by atoms with E-state index in [9.17, 15) is 15.0 Å². The minimum absolute atomic E-state index is 0.0100. The second kappa shape index (κ2) is 5.61. The Balaban J connectivity index is 2.43. The van der Waals surface area contributed by atoms with Crippen molar-refractivity contribution in [3.63, 3.8) is 0 Å². The first kappa shape index (κ1) is 13.4. The molecule has 0 aromatic rings. The lowest BCUT2D eigenvalue weighted by atomic mass is 9.93. The third-order valence-electron chi connectivity index (χ3n) is 2.50. The lowest BCUT2D eigenvalue weighted by molar-refractivity contribution is -0.158. The number of aliphatic hydroxyl groups excluding tert-OH is 1. The highest BCUT2D eigenvalue weighted by Gasteiger charge is 2.48. The molecular formula is C11H20O5. The molecule has 0 aliphatic carbocycles. The maximum Gasteiger partial charge on any atom is 0.338 e. The molecule has 0 aromatic heterocycles. The molecule has 2 N–H and O–H groups in total. The predicted octanol–water partition coefficient (Wildman–Crippen LogP) is 0.231. The molecule has 1 heterocycles. The van der Waals surface area contributed by atoms with Crippen molar-refractivity contribution in [1.29, 1.82) is 0 Å². The van der Waals surface area contributed by atoms with Crippen LogP contribution in [0.1, 0.15) is 33.1 Å². The van der Waals surface area contributed by atoms with Crippen molar-refractivity contribution in [3.05, 3.63) is 0 Å². The summed E-state index contributed by atoms with van der Waals surface area (Å²) in [6, 6.07) is 0. The van der Waals surface area contributed by atoms with E-state index in [4.69, 9.17) is 9.47 Å². The molecular weight excluding hydrogens is 212 g/mol. The quantitative estimate of drug-likeness (QED) is 0.506. The van der Waals surface area contributed by atoms with Crippen molar-refractivity contribution in [2.24, 2.45) is 0 Å². The first-order valence-electron chi connectivity index (χ1n) is 5.67. The van der Waals surface area contributed by atoms with Crippen LogP contribution >= 0.6 is 0 Å². The van der Waals surface area contributed by atoms with Gasteiger partial charge in [-0.25, -0.2) is 4.79 Å². The zero-order chi connectivity index (χ0) is 12.2. The van der Waals surface area contributed by atoms with Crippen molar-refractivity contribution in [2.75, 3.05) is 13.2 Å². The van der Waals surface area contributed by atoms with Gasteiger partial charge in [-0.3, -0.25) is 0 Å². The van der Waals surface area contributed by atoms with Crippen molar-refractivity contribution >= 4 is 5.97 Å². The van der Waals surface area contributed by atoms with Gasteiger partial charge in [0.15, 0.2) is 5.60 Å². The Bertz CT molecular complexity index is 241. The third kappa shape index (κ3) is 3.43. The summed E-state index contributed by atoms with van der Waals surface area (Å²) < 4.78 is 10.3. The van der Waals surface area contributed by atoms with Gasteiger partial charge in [-0.1, -0.05) is 6.92 Å². The second-order valence-corrected chi connectivity index (χ2v) is 4.39. The van der Waals surface area contributed by atoms with E-state index in [-0.39, 0.29) is 12.8 Å². The van der Waals surface area contributed by atoms with Crippen molar-refractivity contribution < 1.29 is 24.5 Å². The van der Waals surface area contributed by atoms with Gasteiger partial charge >= 0.3 is 5.97 Å². The highest BCUT2D eigenvalue weighted by atomic mass is 16.6. The predicted molar refractivity (Wildman–Crippen MR) is 56.9 cm³/mol. The Labute approximate surface area is 95.4 Å². The molecule has 3 unspecified atom stereocenters. The van der Waals surface area contributed by atoms with E-state index in [0.717, 1.165) is 6.42 Å². The van der Waals surface area contributed by atoms with Crippen LogP contribution in [0.25, 0.3) is 0 Å². The van der Waals surface area contributed by atoms with E-state index >= 15 is 0 Å². The Hall–Kier alpha value is -0.650. The normalized spacial score (nSPS) is 31.5. The van der Waals surface area contributed by atoms with Gasteiger partial charge < -0.3 is 19.7 Å². The minimum Gasteiger partial charge on any atom is -0.458 e. The second-order valence-electron chi connectivity index (χ2n) is 4.39. The number of esters is 1. The monoisotopic (exact) mass is 232 g/mol. The molecule has 1 aliphatic heterocycles. The molecule has 16 heavy (non-hydrogen) atoms. The number of cyclic esters (lactones) is 1. The summed E-state index contributed by atoms with van der Waals surface area (Å²) in [5, 5.41) is 19.2. The lowest BCUT2D eigenvalue weighted by Gasteiger charge is -2.18. The molecule has 0 radical (unpaired) electrons. The summed E-state index contributed by atoms with van der Waals surface area (Å²) >= 11 is 0. The average Bonchev–Trinajstić information content (AvgIpc) is 2.41. The Morgan fingerprint density at radius 3 is 2.94 bits per heavy atom. The molecule has 1 aliphatic rings. The van der Waals surface area contributed by atoms with Gasteiger partial charge in [0.1, 0.15) is 6.10 Å². The van der Waals surface area contributed by atoms with Gasteiger partial charge in [0.2, 0.25) is 0 Å². The average molecular weight is 232 g/mol. The van der Waals surface area contributed by atoms with E-state index in [0.29, 0.717) is 13.2 Å². The Kier molecular flexibility index (Phi) is 4.70. The molecule has 0 amide bonds. The fourth-order valence-corrected chi connectivity index (χ4v) is 1.87. The maximum absolute atomic E-state index is 11.4. The van der Waals surface area contributed by atoms with Gasteiger partial charge in [-0.2, -0.15) is 0 Å². The topological polar surface area (TPSA) is 76.0 Å². The van der Waals surface area contributed by atoms with Crippen LogP contribution in [0.15, 0.2) is 0 Å². The van der Waals surface area contributed by atoms with Crippen molar-refractivity contribution in [3.8, 4) is 0 Å². The number of carbonyl (C=O) groups is 1. The van der Waals surface area contributed by atoms with Crippen LogP contribution in [0.4, 0.5) is 0 Å². The molecule has 94 valence electrons. The number of hydrogen-bond donors (Lipinski definition) is 2. The number of ether oxygens (including phenoxy) is 2. The summed E-state index contributed by atoms with van der Waals surface area (Å²) in [5.74, 6) is -0.654. The van der Waals surface area contributed by atoms with Crippen LogP contribution < -0.4 is 0 Å². The number of hydrogen-bond acceptors (Lipinski definition) is 5. The van der Waals surface area contributed by atoms with Crippen molar-refractivity contribution in [2.45, 2.75) is 50.9 Å². The van der Waals surface area contributed by atoms with Gasteiger partial charge in [0.05, 0.1) is 12.7 Å². The molecule has 5 nitrogen and oxygen atoms in total. The molecule has 0 bridgehead atoms. The zero-order valence-electron chi connectivity index (χ0n) is 9.81. The van der Waals surface area contributed by atoms with Crippen LogP contribution in [0.5, 0.6) is 0 Å². The summed E-state index contributed by atoms with van der Waals surface area (Å²) in [6.07, 6.45) is -0.0227. The van der Waals surface area contributed by atoms with E-state index in [1.807, 2.05) is 6.92 Å². The summed E-state index contributed by atoms with van der Waals surface area (Å²) in [4.78, 5) is 11.4. The lowest BCUT2D eigenvalue weighted by Crippen LogP contribution is -2.37. The van der Waals surface area contributed by atoms with Crippen LogP contribution in [0.2, 0.25) is 0 Å². The minimum atomic E-state index is -1.55. The molecule has 0 aromatic carbocycles. The van der Waals surface area contributed by atoms with Crippen LogP contribution in [-0.2, 0) is 14.3 Å². The Morgan fingerprint density at radius 2 is 2.38 bits per heavy atom. The summed E-state index contributed by atoms with van der Waals surface area (Å²) in [5.41, 5.74) is -1.55. The molecule has 1 fully saturated rings. The molecule has 0 spiro atoms. The zero-order valence-corrected chi connectivity index (χ0v) is 9.81. The number of aliphatic hydroxyl groups is 2. The van der Waals surface area contributed by atoms with E-state index in [1.54, 1.807) is 0 Å². The fourth-order valence-electron chi connectivity index (χ4n) is 1.87. The van der Waals surface area contributed by atoms with Gasteiger partial charge in [0.25, 0.3) is 0 Å². The molecule has 5 heteroatoms. The van der Waals surface area contributed by atoms with E-state index < -0.39 is 23.8 Å². The maximum atomic E-state index is 11.4. The molecule has 1 saturated heterocycles. The number of rotatable bonds is 6. The molecule has 3 atom stereocenters. The molecule has 0 saturated carbocycles. The first-order chi connectivity index (χ1) is 7.48. The van der Waals surface area contributed by atoms with Gasteiger partial charge in [-0.15, -0.1) is 0 Å². The largest absolute Gasteiger partial charge is 0.458 e. The smallest absolute Gasteiger partial charge is 0.338 e. The highest BCUT2D eigenvalue weighted by Crippen LogP contribution is 2.30. The summed E-state index contributed by atoms with van der Waals surface area (Å²) in [6.45, 7) is 4.45. The van der Waals surface area contributed by atoms with Gasteiger partial charge in [0, 0.05) is 19.4 Å². The molecule has 1 rings (SSSR count). The standard InChI is InChI=1S/C11H20O5/c1-3-4-15-7-9-6-11(14,5-8(2)12)10(13)16-9/h8-9,12,14H,3-7H2,1-2H3. The highest BCUT2D eigenvalue weighted by molar-refractivity contribution is 5.81. The van der Waals surface area contributed by atoms with Crippen LogP contribution in [0, 0.1) is 0 Å². The van der Waals surface area contributed by atoms with Gasteiger partial charge in [-0.05, 0) is 13.3 Å². The summed E-state index contributed by atoms with van der Waals surface area (Å²) in [7, 11) is 0. The van der Waals surface area contributed by atoms with Crippen LogP contribution in [-0.4, -0.2) is 47.2 Å². The SMILES string of the molecule is CCCOCC1CC(O)(CC(C)O)C(=O)O1. The third-order valence-corrected chi connectivity index (χ3v) is 2.50. The number of carbonyl (C=O) groups excluding carboxylic acids is 1. The first-order valence-corrected chi connectivity index (χ1v) is 5.67. The van der Waals surface area contributed by atoms with E-state index in [2.05, 4.69) is 0 Å². The van der Waals surface area contributed by atoms with E-state index in [1.165, 1.54) is 6.92 Å².